The van der Waals surface area contributed by atoms with Crippen molar-refractivity contribution in [1.82, 2.24) is 20.5 Å². The molecule has 3 N–H and O–H groups in total. The number of rotatable bonds is 2. The van der Waals surface area contributed by atoms with E-state index >= 15 is 0 Å². The lowest BCUT2D eigenvalue weighted by molar-refractivity contribution is 0.626. The lowest BCUT2D eigenvalue weighted by Crippen LogP contribution is -2.14. The first-order valence-corrected chi connectivity index (χ1v) is 6.76. The Morgan fingerprint density at radius 2 is 2.11 bits per heavy atom. The Bertz CT molecular complexity index is 704. The summed E-state index contributed by atoms with van der Waals surface area (Å²) in [6.07, 6.45) is 6.42. The lowest BCUT2D eigenvalue weighted by Gasteiger charge is -2.10. The number of fused-ring (bicyclic) bond motifs is 1. The van der Waals surface area contributed by atoms with Gasteiger partial charge in [0.25, 0.3) is 0 Å². The molecule has 1 saturated heterocycles. The summed E-state index contributed by atoms with van der Waals surface area (Å²) in [6, 6.07) is 8.79. The predicted octanol–water partition coefficient (Wildman–Crippen LogP) is 2.98. The van der Waals surface area contributed by atoms with E-state index < -0.39 is 0 Å². The zero-order chi connectivity index (χ0) is 12.7. The summed E-state index contributed by atoms with van der Waals surface area (Å²) in [5.41, 5.74) is 4.82. The number of hydrogen-bond donors (Lipinski definition) is 3. The third-order valence-corrected chi connectivity index (χ3v) is 3.96. The number of nitrogens with one attached hydrogen (secondary N) is 3. The van der Waals surface area contributed by atoms with Crippen LogP contribution in [-0.2, 0) is 0 Å². The van der Waals surface area contributed by atoms with E-state index in [1.54, 1.807) is 0 Å². The minimum absolute atomic E-state index is 0.408. The number of benzene rings is 1. The number of aromatic nitrogens is 3. The van der Waals surface area contributed by atoms with Crippen LogP contribution in [0.4, 0.5) is 0 Å². The molecule has 1 fully saturated rings. The van der Waals surface area contributed by atoms with Crippen LogP contribution in [0.15, 0.2) is 36.7 Å². The molecule has 4 heteroatoms. The van der Waals surface area contributed by atoms with Crippen molar-refractivity contribution in [3.63, 3.8) is 0 Å². The van der Waals surface area contributed by atoms with Crippen LogP contribution >= 0.6 is 0 Å². The molecule has 4 nitrogen and oxygen atoms in total. The van der Waals surface area contributed by atoms with Gasteiger partial charge in [-0.2, -0.15) is 5.10 Å². The van der Waals surface area contributed by atoms with E-state index in [0.717, 1.165) is 6.54 Å². The first-order valence-electron chi connectivity index (χ1n) is 6.76. The zero-order valence-electron chi connectivity index (χ0n) is 10.6. The quantitative estimate of drug-likeness (QED) is 0.656. The fraction of sp³-hybridized carbons (Fsp3) is 0.267. The van der Waals surface area contributed by atoms with Gasteiger partial charge in [-0.1, -0.05) is 18.2 Å². The standard InChI is InChI=1S/C15H16N4/c1-2-5-13-10(4-1)11(8-17-13)12-9-18-19-15(12)14-6-3-7-16-14/h1-2,4-5,8-9,14,16-17H,3,6-7H2,(H,18,19). The van der Waals surface area contributed by atoms with Gasteiger partial charge in [-0.05, 0) is 25.5 Å². The summed E-state index contributed by atoms with van der Waals surface area (Å²) in [5, 5.41) is 12.2. The van der Waals surface area contributed by atoms with Crippen molar-refractivity contribution >= 4 is 10.9 Å². The monoisotopic (exact) mass is 252 g/mol. The van der Waals surface area contributed by atoms with Crippen LogP contribution in [0.25, 0.3) is 22.0 Å². The minimum Gasteiger partial charge on any atom is -0.361 e. The molecule has 0 aliphatic carbocycles. The molecule has 3 heterocycles. The lowest BCUT2D eigenvalue weighted by atomic mass is 10.0. The molecule has 4 rings (SSSR count). The smallest absolute Gasteiger partial charge is 0.0600 e. The second-order valence-corrected chi connectivity index (χ2v) is 5.09. The minimum atomic E-state index is 0.408. The van der Waals surface area contributed by atoms with Crippen molar-refractivity contribution in [3.8, 4) is 11.1 Å². The molecule has 0 amide bonds. The Morgan fingerprint density at radius 3 is 3.00 bits per heavy atom. The molecule has 0 saturated carbocycles. The molecule has 19 heavy (non-hydrogen) atoms. The van der Waals surface area contributed by atoms with Crippen molar-refractivity contribution in [2.45, 2.75) is 18.9 Å². The van der Waals surface area contributed by atoms with Crippen LogP contribution in [0.2, 0.25) is 0 Å². The summed E-state index contributed by atoms with van der Waals surface area (Å²) >= 11 is 0. The Morgan fingerprint density at radius 1 is 1.16 bits per heavy atom. The van der Waals surface area contributed by atoms with Gasteiger partial charge >= 0.3 is 0 Å². The Hall–Kier alpha value is -2.07. The Kier molecular flexibility index (Phi) is 2.42. The Labute approximate surface area is 111 Å². The average Bonchev–Trinajstić information content (AvgIpc) is 3.17. The molecule has 0 radical (unpaired) electrons. The van der Waals surface area contributed by atoms with Crippen molar-refractivity contribution in [3.05, 3.63) is 42.4 Å². The summed E-state index contributed by atoms with van der Waals surface area (Å²) in [6.45, 7) is 1.09. The molecule has 96 valence electrons. The maximum Gasteiger partial charge on any atom is 0.0600 e. The van der Waals surface area contributed by atoms with E-state index in [9.17, 15) is 0 Å². The van der Waals surface area contributed by atoms with E-state index in [1.165, 1.54) is 40.6 Å². The van der Waals surface area contributed by atoms with Gasteiger partial charge in [0.2, 0.25) is 0 Å². The van der Waals surface area contributed by atoms with E-state index in [1.807, 2.05) is 6.20 Å². The molecular weight excluding hydrogens is 236 g/mol. The third-order valence-electron chi connectivity index (χ3n) is 3.96. The van der Waals surface area contributed by atoms with Gasteiger partial charge in [0.1, 0.15) is 0 Å². The van der Waals surface area contributed by atoms with Crippen molar-refractivity contribution in [1.29, 1.82) is 0 Å². The number of para-hydroxylation sites is 1. The van der Waals surface area contributed by atoms with E-state index in [-0.39, 0.29) is 0 Å². The van der Waals surface area contributed by atoms with Gasteiger partial charge in [0.15, 0.2) is 0 Å². The SMILES string of the molecule is c1ccc2c(-c3cn[nH]c3C3CCCN3)c[nH]c2c1. The van der Waals surface area contributed by atoms with Crippen LogP contribution in [0.1, 0.15) is 24.6 Å². The second kappa shape index (κ2) is 4.24. The van der Waals surface area contributed by atoms with E-state index in [4.69, 9.17) is 0 Å². The number of hydrogen-bond acceptors (Lipinski definition) is 2. The topological polar surface area (TPSA) is 56.5 Å². The maximum absolute atomic E-state index is 4.25. The molecular formula is C15H16N4. The summed E-state index contributed by atoms with van der Waals surface area (Å²) in [7, 11) is 0. The van der Waals surface area contributed by atoms with Gasteiger partial charge in [-0.3, -0.25) is 5.10 Å². The summed E-state index contributed by atoms with van der Waals surface area (Å²) in [5.74, 6) is 0. The normalized spacial score (nSPS) is 19.3. The highest BCUT2D eigenvalue weighted by atomic mass is 15.1. The first-order chi connectivity index (χ1) is 9.43. The molecule has 0 bridgehead atoms. The molecule has 1 aliphatic rings. The second-order valence-electron chi connectivity index (χ2n) is 5.09. The molecule has 2 aromatic heterocycles. The van der Waals surface area contributed by atoms with Crippen LogP contribution in [0.5, 0.6) is 0 Å². The van der Waals surface area contributed by atoms with Crippen molar-refractivity contribution < 1.29 is 0 Å². The van der Waals surface area contributed by atoms with Crippen molar-refractivity contribution in [2.24, 2.45) is 0 Å². The van der Waals surface area contributed by atoms with Gasteiger partial charge in [0, 0.05) is 34.3 Å². The zero-order valence-corrected chi connectivity index (χ0v) is 10.6. The third kappa shape index (κ3) is 1.68. The predicted molar refractivity (Wildman–Crippen MR) is 75.9 cm³/mol. The van der Waals surface area contributed by atoms with Gasteiger partial charge in [0.05, 0.1) is 11.9 Å². The molecule has 1 atom stereocenters. The molecule has 1 unspecified atom stereocenters. The molecule has 3 aromatic rings. The maximum atomic E-state index is 4.25. The molecule has 1 aliphatic heterocycles. The summed E-state index contributed by atoms with van der Waals surface area (Å²) in [4.78, 5) is 3.33. The summed E-state index contributed by atoms with van der Waals surface area (Å²) < 4.78 is 0. The van der Waals surface area contributed by atoms with E-state index in [0.29, 0.717) is 6.04 Å². The van der Waals surface area contributed by atoms with Crippen LogP contribution in [0.3, 0.4) is 0 Å². The van der Waals surface area contributed by atoms with Gasteiger partial charge in [-0.15, -0.1) is 0 Å². The number of aromatic amines is 2. The fourth-order valence-corrected chi connectivity index (χ4v) is 3.00. The Balaban J connectivity index is 1.86. The first kappa shape index (κ1) is 10.8. The van der Waals surface area contributed by atoms with Crippen LogP contribution in [0, 0.1) is 0 Å². The average molecular weight is 252 g/mol. The van der Waals surface area contributed by atoms with Gasteiger partial charge < -0.3 is 10.3 Å². The largest absolute Gasteiger partial charge is 0.361 e. The highest BCUT2D eigenvalue weighted by Crippen LogP contribution is 2.34. The van der Waals surface area contributed by atoms with Crippen molar-refractivity contribution in [2.75, 3.05) is 6.54 Å². The van der Waals surface area contributed by atoms with Gasteiger partial charge in [-0.25, -0.2) is 0 Å². The van der Waals surface area contributed by atoms with E-state index in [2.05, 4.69) is 51.0 Å². The highest BCUT2D eigenvalue weighted by Gasteiger charge is 2.22. The molecule has 0 spiro atoms. The highest BCUT2D eigenvalue weighted by molar-refractivity contribution is 5.95. The van der Waals surface area contributed by atoms with Crippen LogP contribution in [-0.4, -0.2) is 21.7 Å². The fourth-order valence-electron chi connectivity index (χ4n) is 3.00. The van der Waals surface area contributed by atoms with Crippen LogP contribution < -0.4 is 5.32 Å². The number of nitrogens with zero attached hydrogens (tertiary/aromatic N) is 1. The molecule has 1 aromatic carbocycles. The number of H-pyrrole nitrogens is 2.